The van der Waals surface area contributed by atoms with E-state index in [1.165, 1.54) is 12.8 Å². The number of likely N-dealkylation sites (tertiary alicyclic amines) is 1. The molecule has 150 valence electrons. The molecule has 1 unspecified atom stereocenters. The van der Waals surface area contributed by atoms with Crippen molar-refractivity contribution in [3.63, 3.8) is 0 Å². The Hall–Kier alpha value is -3.03. The molecule has 1 atom stereocenters. The van der Waals surface area contributed by atoms with E-state index in [0.717, 1.165) is 31.5 Å². The van der Waals surface area contributed by atoms with E-state index < -0.39 is 0 Å². The molecule has 8 nitrogen and oxygen atoms in total. The van der Waals surface area contributed by atoms with Gasteiger partial charge in [0.1, 0.15) is 11.4 Å². The van der Waals surface area contributed by atoms with E-state index in [4.69, 9.17) is 9.51 Å². The van der Waals surface area contributed by atoms with E-state index >= 15 is 0 Å². The molecular weight excluding hydrogens is 368 g/mol. The molecule has 3 aromatic heterocycles. The minimum atomic E-state index is -0.281. The van der Waals surface area contributed by atoms with Crippen molar-refractivity contribution in [3.05, 3.63) is 47.7 Å². The number of carbonyl (C=O) groups is 1. The van der Waals surface area contributed by atoms with Crippen molar-refractivity contribution in [3.8, 4) is 11.6 Å². The molecule has 1 amide bonds. The van der Waals surface area contributed by atoms with Crippen molar-refractivity contribution in [2.24, 2.45) is 5.92 Å². The third kappa shape index (κ3) is 3.54. The molecule has 3 aromatic rings. The SMILES string of the molecule is Cc1cc(C(=O)N2CCCC(CC3CC3)(c3noc(-c4ccccn4)n3)C2)n[nH]1. The predicted molar refractivity (Wildman–Crippen MR) is 105 cm³/mol. The molecule has 0 radical (unpaired) electrons. The van der Waals surface area contributed by atoms with Gasteiger partial charge >= 0.3 is 0 Å². The summed E-state index contributed by atoms with van der Waals surface area (Å²) in [7, 11) is 0. The summed E-state index contributed by atoms with van der Waals surface area (Å²) in [6.07, 6.45) is 7.03. The summed E-state index contributed by atoms with van der Waals surface area (Å²) in [4.78, 5) is 24.0. The second-order valence-electron chi connectivity index (χ2n) is 8.33. The number of rotatable bonds is 5. The first-order valence-corrected chi connectivity index (χ1v) is 10.2. The van der Waals surface area contributed by atoms with Crippen molar-refractivity contribution in [2.75, 3.05) is 13.1 Å². The maximum atomic E-state index is 13.0. The van der Waals surface area contributed by atoms with Crippen LogP contribution in [0.3, 0.4) is 0 Å². The monoisotopic (exact) mass is 392 g/mol. The Balaban J connectivity index is 1.45. The fourth-order valence-electron chi connectivity index (χ4n) is 4.34. The van der Waals surface area contributed by atoms with Crippen LogP contribution in [0.4, 0.5) is 0 Å². The minimum absolute atomic E-state index is 0.0392. The van der Waals surface area contributed by atoms with Gasteiger partial charge in [0.2, 0.25) is 0 Å². The number of nitrogens with zero attached hydrogens (tertiary/aromatic N) is 5. The molecule has 0 bridgehead atoms. The Labute approximate surface area is 168 Å². The van der Waals surface area contributed by atoms with Gasteiger partial charge in [-0.05, 0) is 50.3 Å². The quantitative estimate of drug-likeness (QED) is 0.716. The predicted octanol–water partition coefficient (Wildman–Crippen LogP) is 3.14. The molecule has 29 heavy (non-hydrogen) atoms. The van der Waals surface area contributed by atoms with Crippen LogP contribution in [-0.2, 0) is 5.41 Å². The Bertz CT molecular complexity index is 1010. The van der Waals surface area contributed by atoms with Crippen LogP contribution in [0.1, 0.15) is 54.1 Å². The van der Waals surface area contributed by atoms with Gasteiger partial charge < -0.3 is 9.42 Å². The number of H-pyrrole nitrogens is 1. The van der Waals surface area contributed by atoms with E-state index in [-0.39, 0.29) is 11.3 Å². The molecule has 0 aromatic carbocycles. The Morgan fingerprint density at radius 3 is 3.00 bits per heavy atom. The van der Waals surface area contributed by atoms with Crippen molar-refractivity contribution < 1.29 is 9.32 Å². The van der Waals surface area contributed by atoms with Gasteiger partial charge in [-0.15, -0.1) is 0 Å². The van der Waals surface area contributed by atoms with E-state index in [9.17, 15) is 4.79 Å². The molecule has 5 rings (SSSR count). The second kappa shape index (κ2) is 7.09. The van der Waals surface area contributed by atoms with Crippen LogP contribution < -0.4 is 0 Å². The maximum absolute atomic E-state index is 13.0. The highest BCUT2D eigenvalue weighted by Gasteiger charge is 2.46. The van der Waals surface area contributed by atoms with Gasteiger partial charge in [-0.2, -0.15) is 10.1 Å². The number of hydrogen-bond acceptors (Lipinski definition) is 6. The van der Waals surface area contributed by atoms with Gasteiger partial charge in [0.05, 0.1) is 5.41 Å². The third-order valence-electron chi connectivity index (χ3n) is 5.95. The van der Waals surface area contributed by atoms with Crippen molar-refractivity contribution in [2.45, 2.75) is 44.4 Å². The molecule has 1 saturated carbocycles. The second-order valence-corrected chi connectivity index (χ2v) is 8.33. The van der Waals surface area contributed by atoms with Crippen LogP contribution in [0.25, 0.3) is 11.6 Å². The number of aromatic amines is 1. The normalized spacial score (nSPS) is 22.0. The summed E-state index contributed by atoms with van der Waals surface area (Å²) in [5.74, 6) is 1.76. The number of amides is 1. The van der Waals surface area contributed by atoms with Crippen molar-refractivity contribution >= 4 is 5.91 Å². The van der Waals surface area contributed by atoms with Gasteiger partial charge in [0.15, 0.2) is 5.82 Å². The zero-order valence-electron chi connectivity index (χ0n) is 16.5. The minimum Gasteiger partial charge on any atom is -0.336 e. The molecule has 2 aliphatic rings. The number of pyridine rings is 1. The molecule has 0 spiro atoms. The van der Waals surface area contributed by atoms with Crippen LogP contribution >= 0.6 is 0 Å². The lowest BCUT2D eigenvalue weighted by molar-refractivity contribution is 0.0601. The Morgan fingerprint density at radius 2 is 2.28 bits per heavy atom. The van der Waals surface area contributed by atoms with Crippen molar-refractivity contribution in [1.29, 1.82) is 0 Å². The highest BCUT2D eigenvalue weighted by Crippen LogP contribution is 2.46. The topological polar surface area (TPSA) is 101 Å². The molecule has 1 aliphatic carbocycles. The summed E-state index contributed by atoms with van der Waals surface area (Å²) >= 11 is 0. The first-order chi connectivity index (χ1) is 14.1. The van der Waals surface area contributed by atoms with Gasteiger partial charge in [-0.25, -0.2) is 0 Å². The third-order valence-corrected chi connectivity index (χ3v) is 5.95. The largest absolute Gasteiger partial charge is 0.336 e. The van der Waals surface area contributed by atoms with Crippen LogP contribution in [-0.4, -0.2) is 49.2 Å². The average Bonchev–Trinajstić information content (AvgIpc) is 3.23. The van der Waals surface area contributed by atoms with Crippen LogP contribution in [0.15, 0.2) is 35.0 Å². The lowest BCUT2D eigenvalue weighted by atomic mass is 9.74. The molecule has 8 heteroatoms. The molecule has 1 N–H and O–H groups in total. The van der Waals surface area contributed by atoms with Crippen molar-refractivity contribution in [1.82, 2.24) is 30.2 Å². The lowest BCUT2D eigenvalue weighted by Crippen LogP contribution is -2.49. The lowest BCUT2D eigenvalue weighted by Gasteiger charge is -2.41. The Morgan fingerprint density at radius 1 is 1.38 bits per heavy atom. The zero-order chi connectivity index (χ0) is 19.8. The fraction of sp³-hybridized carbons (Fsp3) is 0.476. The number of aryl methyl sites for hydroxylation is 1. The van der Waals surface area contributed by atoms with Gasteiger partial charge in [-0.3, -0.25) is 14.9 Å². The van der Waals surface area contributed by atoms with E-state index in [2.05, 4.69) is 20.3 Å². The number of carbonyl (C=O) groups excluding carboxylic acids is 1. The Kier molecular flexibility index (Phi) is 4.41. The van der Waals surface area contributed by atoms with E-state index in [1.54, 1.807) is 12.3 Å². The fourth-order valence-corrected chi connectivity index (χ4v) is 4.34. The number of aromatic nitrogens is 5. The molecule has 4 heterocycles. The number of nitrogens with one attached hydrogen (secondary N) is 1. The molecule has 1 saturated heterocycles. The van der Waals surface area contributed by atoms with Gasteiger partial charge in [0, 0.05) is 25.0 Å². The average molecular weight is 392 g/mol. The number of hydrogen-bond donors (Lipinski definition) is 1. The smallest absolute Gasteiger partial charge is 0.276 e. The van der Waals surface area contributed by atoms with Crippen LogP contribution in [0.2, 0.25) is 0 Å². The summed E-state index contributed by atoms with van der Waals surface area (Å²) in [5, 5.41) is 11.4. The molecule has 2 fully saturated rings. The number of piperidine rings is 1. The first-order valence-electron chi connectivity index (χ1n) is 10.2. The van der Waals surface area contributed by atoms with E-state index in [1.807, 2.05) is 30.0 Å². The van der Waals surface area contributed by atoms with Gasteiger partial charge in [-0.1, -0.05) is 24.1 Å². The van der Waals surface area contributed by atoms with E-state index in [0.29, 0.717) is 35.6 Å². The molecule has 1 aliphatic heterocycles. The summed E-state index contributed by atoms with van der Waals surface area (Å²) in [6, 6.07) is 7.42. The first kappa shape index (κ1) is 18.0. The summed E-state index contributed by atoms with van der Waals surface area (Å²) in [6.45, 7) is 3.22. The summed E-state index contributed by atoms with van der Waals surface area (Å²) in [5.41, 5.74) is 1.74. The summed E-state index contributed by atoms with van der Waals surface area (Å²) < 4.78 is 5.57. The standard InChI is InChI=1S/C21H24N6O2/c1-14-11-17(25-24-14)19(28)27-10-4-8-21(13-27,12-15-6-7-15)20-23-18(29-26-20)16-5-2-3-9-22-16/h2-3,5,9,11,15H,4,6-8,10,12-13H2,1H3,(H,24,25). The van der Waals surface area contributed by atoms with Crippen LogP contribution in [0, 0.1) is 12.8 Å². The zero-order valence-corrected chi connectivity index (χ0v) is 16.5. The molecular formula is C21H24N6O2. The van der Waals surface area contributed by atoms with Crippen LogP contribution in [0.5, 0.6) is 0 Å². The highest BCUT2D eigenvalue weighted by molar-refractivity contribution is 5.92. The maximum Gasteiger partial charge on any atom is 0.276 e. The highest BCUT2D eigenvalue weighted by atomic mass is 16.5. The van der Waals surface area contributed by atoms with Gasteiger partial charge in [0.25, 0.3) is 11.8 Å².